The van der Waals surface area contributed by atoms with Gasteiger partial charge in [-0.05, 0) is 43.0 Å². The van der Waals surface area contributed by atoms with Gasteiger partial charge in [-0.15, -0.1) is 0 Å². The van der Waals surface area contributed by atoms with Gasteiger partial charge in [0.05, 0.1) is 34.5 Å². The average Bonchev–Trinajstić information content (AvgIpc) is 2.81. The van der Waals surface area contributed by atoms with E-state index in [1.165, 1.54) is 0 Å². The number of halogens is 1. The van der Waals surface area contributed by atoms with Gasteiger partial charge in [0.15, 0.2) is 5.78 Å². The minimum atomic E-state index is -0.681. The molecule has 176 valence electrons. The van der Waals surface area contributed by atoms with Crippen LogP contribution in [-0.4, -0.2) is 15.8 Å². The van der Waals surface area contributed by atoms with Crippen LogP contribution in [0.3, 0.4) is 0 Å². The second-order valence-corrected chi connectivity index (χ2v) is 10.4. The number of para-hydroxylation sites is 1. The number of nitriles is 1. The zero-order valence-corrected chi connectivity index (χ0v) is 20.6. The Labute approximate surface area is 209 Å². The van der Waals surface area contributed by atoms with Crippen LogP contribution in [0.2, 0.25) is 5.15 Å². The lowest BCUT2D eigenvalue weighted by atomic mass is 9.69. The molecule has 5 rings (SSSR count). The number of carbonyl (C=O) groups excluding carboxylic acids is 1. The second kappa shape index (κ2) is 8.44. The number of aromatic nitrogens is 1. The largest absolute Gasteiger partial charge is 0.383 e. The molecular weight excluding hydrogens is 458 g/mol. The van der Waals surface area contributed by atoms with Gasteiger partial charge in [0.1, 0.15) is 11.0 Å². The lowest BCUT2D eigenvalue weighted by Gasteiger charge is -2.43. The van der Waals surface area contributed by atoms with E-state index in [-0.39, 0.29) is 27.7 Å². The van der Waals surface area contributed by atoms with Crippen molar-refractivity contribution in [3.05, 3.63) is 93.5 Å². The van der Waals surface area contributed by atoms with E-state index in [1.54, 1.807) is 5.01 Å². The lowest BCUT2D eigenvalue weighted by molar-refractivity contribution is -0.118. The van der Waals surface area contributed by atoms with Crippen LogP contribution >= 0.6 is 11.6 Å². The number of nitrogens with one attached hydrogen (secondary N) is 1. The number of pyridine rings is 1. The summed E-state index contributed by atoms with van der Waals surface area (Å²) in [5.74, 6) is -0.438. The van der Waals surface area contributed by atoms with E-state index in [2.05, 4.69) is 30.3 Å². The first-order chi connectivity index (χ1) is 16.7. The van der Waals surface area contributed by atoms with Gasteiger partial charge in [-0.3, -0.25) is 10.2 Å². The third-order valence-electron chi connectivity index (χ3n) is 6.69. The second-order valence-electron chi connectivity index (χ2n) is 10.0. The fourth-order valence-electron chi connectivity index (χ4n) is 5.02. The minimum absolute atomic E-state index is 0.0126. The highest BCUT2D eigenvalue weighted by Crippen LogP contribution is 2.50. The van der Waals surface area contributed by atoms with Crippen molar-refractivity contribution in [3.63, 3.8) is 0 Å². The van der Waals surface area contributed by atoms with Crippen molar-refractivity contribution in [2.45, 2.75) is 39.5 Å². The topological polar surface area (TPSA) is 95.0 Å². The molecule has 0 spiro atoms. The summed E-state index contributed by atoms with van der Waals surface area (Å²) >= 11 is 6.68. The van der Waals surface area contributed by atoms with Gasteiger partial charge >= 0.3 is 0 Å². The Morgan fingerprint density at radius 2 is 1.89 bits per heavy atom. The Kier molecular flexibility index (Phi) is 5.53. The third-order valence-corrected chi connectivity index (χ3v) is 6.99. The first kappa shape index (κ1) is 22.9. The summed E-state index contributed by atoms with van der Waals surface area (Å²) in [4.78, 5) is 18.2. The van der Waals surface area contributed by atoms with Gasteiger partial charge in [0, 0.05) is 22.9 Å². The number of nitrogens with two attached hydrogens (primary N) is 1. The van der Waals surface area contributed by atoms with Gasteiger partial charge in [0.2, 0.25) is 0 Å². The molecule has 3 aromatic rings. The Hall–Kier alpha value is -3.82. The van der Waals surface area contributed by atoms with Crippen LogP contribution < -0.4 is 11.2 Å². The molecule has 0 radical (unpaired) electrons. The maximum Gasteiger partial charge on any atom is 0.162 e. The monoisotopic (exact) mass is 483 g/mol. The standard InChI is InChI=1S/C28H26ClN5O/c1-16-8-10-18(11-9-16)33-34-22-13-28(2,3)14-23(35)25(22)24(20(15-30)27(34)31)19-12-17-6-4-5-7-21(17)32-26(19)29/h4-12,24,33H,13-14,31H2,1-3H3. The summed E-state index contributed by atoms with van der Waals surface area (Å²) in [6.45, 7) is 6.15. The van der Waals surface area contributed by atoms with Gasteiger partial charge in [0.25, 0.3) is 0 Å². The molecule has 7 heteroatoms. The molecule has 1 unspecified atom stereocenters. The average molecular weight is 484 g/mol. The molecule has 2 aromatic carbocycles. The van der Waals surface area contributed by atoms with Crippen molar-refractivity contribution in [2.75, 3.05) is 5.43 Å². The number of allylic oxidation sites excluding steroid dienone is 3. The number of hydrogen-bond donors (Lipinski definition) is 2. The summed E-state index contributed by atoms with van der Waals surface area (Å²) < 4.78 is 0. The Morgan fingerprint density at radius 1 is 1.17 bits per heavy atom. The van der Waals surface area contributed by atoms with E-state index in [0.29, 0.717) is 24.0 Å². The highest BCUT2D eigenvalue weighted by molar-refractivity contribution is 6.31. The van der Waals surface area contributed by atoms with Crippen LogP contribution in [0.1, 0.15) is 43.7 Å². The van der Waals surface area contributed by atoms with E-state index >= 15 is 0 Å². The lowest BCUT2D eigenvalue weighted by Crippen LogP contribution is -2.44. The number of carbonyl (C=O) groups is 1. The number of Topliss-reactive ketones (excluding diaryl/α,β-unsaturated/α-hetero) is 1. The molecule has 3 N–H and O–H groups in total. The van der Waals surface area contributed by atoms with Gasteiger partial charge < -0.3 is 5.73 Å². The molecule has 0 saturated heterocycles. The number of hydrogen-bond acceptors (Lipinski definition) is 6. The fraction of sp³-hybridized carbons (Fsp3) is 0.250. The van der Waals surface area contributed by atoms with Crippen molar-refractivity contribution in [1.29, 1.82) is 5.26 Å². The molecular formula is C28H26ClN5O. The Morgan fingerprint density at radius 3 is 2.60 bits per heavy atom. The molecule has 1 aliphatic heterocycles. The predicted octanol–water partition coefficient (Wildman–Crippen LogP) is 5.96. The van der Waals surface area contributed by atoms with Crippen molar-refractivity contribution in [2.24, 2.45) is 11.1 Å². The zero-order valence-electron chi connectivity index (χ0n) is 19.9. The molecule has 0 bridgehead atoms. The fourth-order valence-corrected chi connectivity index (χ4v) is 5.27. The number of hydrazine groups is 1. The number of aryl methyl sites for hydroxylation is 1. The molecule has 0 amide bonds. The predicted molar refractivity (Wildman–Crippen MR) is 138 cm³/mol. The molecule has 2 heterocycles. The maximum atomic E-state index is 13.7. The number of benzene rings is 2. The summed E-state index contributed by atoms with van der Waals surface area (Å²) in [7, 11) is 0. The normalized spacial score (nSPS) is 19.6. The summed E-state index contributed by atoms with van der Waals surface area (Å²) in [6.07, 6.45) is 0.986. The van der Waals surface area contributed by atoms with Crippen molar-refractivity contribution in [1.82, 2.24) is 9.99 Å². The highest BCUT2D eigenvalue weighted by Gasteiger charge is 2.45. The number of rotatable bonds is 3. The molecule has 2 aliphatic rings. The number of fused-ring (bicyclic) bond motifs is 1. The smallest absolute Gasteiger partial charge is 0.162 e. The molecule has 35 heavy (non-hydrogen) atoms. The Bertz CT molecular complexity index is 1460. The molecule has 1 atom stereocenters. The van der Waals surface area contributed by atoms with Gasteiger partial charge in [-0.25, -0.2) is 9.99 Å². The van der Waals surface area contributed by atoms with Crippen LogP contribution in [0, 0.1) is 23.7 Å². The molecule has 1 aliphatic carbocycles. The maximum absolute atomic E-state index is 13.7. The minimum Gasteiger partial charge on any atom is -0.383 e. The quantitative estimate of drug-likeness (QED) is 0.446. The molecule has 0 saturated carbocycles. The molecule has 0 fully saturated rings. The zero-order chi connectivity index (χ0) is 24.9. The molecule has 6 nitrogen and oxygen atoms in total. The van der Waals surface area contributed by atoms with E-state index < -0.39 is 5.92 Å². The van der Waals surface area contributed by atoms with E-state index in [4.69, 9.17) is 17.3 Å². The van der Waals surface area contributed by atoms with Crippen LogP contribution in [0.4, 0.5) is 5.69 Å². The summed E-state index contributed by atoms with van der Waals surface area (Å²) in [6, 6.07) is 19.7. The third kappa shape index (κ3) is 4.02. The number of ketones is 1. The van der Waals surface area contributed by atoms with Crippen molar-refractivity contribution in [3.8, 4) is 6.07 Å². The van der Waals surface area contributed by atoms with Crippen molar-refractivity contribution >= 4 is 34.0 Å². The number of nitrogens with zero attached hydrogens (tertiary/aromatic N) is 3. The first-order valence-corrected chi connectivity index (χ1v) is 11.9. The van der Waals surface area contributed by atoms with Gasteiger partial charge in [-0.1, -0.05) is 61.3 Å². The molecule has 1 aromatic heterocycles. The SMILES string of the molecule is Cc1ccc(NN2C(N)=C(C#N)C(c3cc4ccccc4nc3Cl)C3=C2CC(C)(C)CC3=O)cc1. The van der Waals surface area contributed by atoms with Crippen LogP contribution in [-0.2, 0) is 4.79 Å². The van der Waals surface area contributed by atoms with Crippen LogP contribution in [0.15, 0.2) is 77.3 Å². The van der Waals surface area contributed by atoms with E-state index in [1.807, 2.05) is 61.5 Å². The summed E-state index contributed by atoms with van der Waals surface area (Å²) in [5.41, 5.74) is 14.6. The van der Waals surface area contributed by atoms with E-state index in [9.17, 15) is 10.1 Å². The van der Waals surface area contributed by atoms with Crippen LogP contribution in [0.5, 0.6) is 0 Å². The van der Waals surface area contributed by atoms with Crippen LogP contribution in [0.25, 0.3) is 10.9 Å². The van der Waals surface area contributed by atoms with Gasteiger partial charge in [-0.2, -0.15) is 5.26 Å². The van der Waals surface area contributed by atoms with Crippen molar-refractivity contribution < 1.29 is 4.79 Å². The highest BCUT2D eigenvalue weighted by atomic mass is 35.5. The first-order valence-electron chi connectivity index (χ1n) is 11.5. The number of anilines is 1. The Balaban J connectivity index is 1.72. The van der Waals surface area contributed by atoms with E-state index in [0.717, 1.165) is 27.9 Å². The summed E-state index contributed by atoms with van der Waals surface area (Å²) in [5, 5.41) is 13.1.